The quantitative estimate of drug-likeness (QED) is 0.250. The van der Waals surface area contributed by atoms with Crippen molar-refractivity contribution >= 4 is 40.7 Å². The highest BCUT2D eigenvalue weighted by atomic mass is 35.5. The monoisotopic (exact) mass is 494 g/mol. The van der Waals surface area contributed by atoms with Crippen LogP contribution < -0.4 is 25.9 Å². The molecule has 0 aliphatic rings. The Labute approximate surface area is 206 Å². The molecular weight excluding hydrogens is 472 g/mol. The number of anilines is 1. The van der Waals surface area contributed by atoms with Crippen LogP contribution in [0.1, 0.15) is 28.4 Å². The highest BCUT2D eigenvalue weighted by molar-refractivity contribution is 6.39. The van der Waals surface area contributed by atoms with E-state index in [1.54, 1.807) is 37.3 Å². The molecule has 9 nitrogen and oxygen atoms in total. The van der Waals surface area contributed by atoms with E-state index in [0.717, 1.165) is 5.56 Å². The molecule has 0 aromatic heterocycles. The first-order valence-electron chi connectivity index (χ1n) is 10.4. The van der Waals surface area contributed by atoms with E-state index in [2.05, 4.69) is 15.8 Å². The molecule has 0 fully saturated rings. The van der Waals surface area contributed by atoms with Crippen LogP contribution in [0.15, 0.2) is 71.8 Å². The van der Waals surface area contributed by atoms with E-state index in [-0.39, 0.29) is 5.56 Å². The number of nitrogens with one attached hydrogen (secondary N) is 2. The minimum Gasteiger partial charge on any atom is -0.493 e. The minimum absolute atomic E-state index is 0.282. The Morgan fingerprint density at radius 3 is 2.20 bits per heavy atom. The summed E-state index contributed by atoms with van der Waals surface area (Å²) in [5.41, 5.74) is 10.0. The van der Waals surface area contributed by atoms with Crippen LogP contribution in [0.25, 0.3) is 0 Å². The average molecular weight is 495 g/mol. The number of carbonyl (C=O) groups is 3. The minimum atomic E-state index is -0.960. The highest BCUT2D eigenvalue weighted by Crippen LogP contribution is 2.29. The molecule has 0 heterocycles. The predicted octanol–water partition coefficient (Wildman–Crippen LogP) is 3.51. The number of rotatable bonds is 8. The van der Waals surface area contributed by atoms with Crippen LogP contribution in [0, 0.1) is 0 Å². The van der Waals surface area contributed by atoms with Crippen LogP contribution in [-0.2, 0) is 16.2 Å². The first-order valence-corrected chi connectivity index (χ1v) is 10.8. The molecule has 0 unspecified atom stereocenters. The number of hydrazone groups is 1. The number of primary amides is 1. The van der Waals surface area contributed by atoms with Crippen molar-refractivity contribution in [3.05, 3.63) is 88.4 Å². The second-order valence-corrected chi connectivity index (χ2v) is 7.75. The summed E-state index contributed by atoms with van der Waals surface area (Å²) in [5.74, 6) is -1.46. The third-order valence-electron chi connectivity index (χ3n) is 4.85. The Balaban J connectivity index is 1.60. The van der Waals surface area contributed by atoms with E-state index in [1.165, 1.54) is 31.4 Å². The van der Waals surface area contributed by atoms with Crippen molar-refractivity contribution in [2.24, 2.45) is 10.8 Å². The van der Waals surface area contributed by atoms with Crippen molar-refractivity contribution in [3.63, 3.8) is 0 Å². The van der Waals surface area contributed by atoms with Gasteiger partial charge >= 0.3 is 11.8 Å². The van der Waals surface area contributed by atoms with Gasteiger partial charge in [0.25, 0.3) is 0 Å². The van der Waals surface area contributed by atoms with Crippen molar-refractivity contribution in [1.29, 1.82) is 0 Å². The number of nitrogens with zero attached hydrogens (tertiary/aromatic N) is 1. The summed E-state index contributed by atoms with van der Waals surface area (Å²) in [6.45, 7) is 2.00. The number of benzene rings is 3. The van der Waals surface area contributed by atoms with E-state index in [1.807, 2.05) is 12.1 Å². The van der Waals surface area contributed by atoms with Gasteiger partial charge in [-0.05, 0) is 67.1 Å². The standard InChI is InChI=1S/C25H23ClN4O5/c1-15(29-30-25(33)24(32)28-20-10-5-17(6-11-20)23(27)31)18-7-12-21(22(13-18)34-2)35-14-16-3-8-19(26)9-4-16/h3-13H,14H2,1-2H3,(H2,27,31)(H,28,32)(H,30,33)/b29-15+. The van der Waals surface area contributed by atoms with Crippen molar-refractivity contribution in [2.45, 2.75) is 13.5 Å². The third-order valence-corrected chi connectivity index (χ3v) is 5.10. The molecule has 3 amide bonds. The van der Waals surface area contributed by atoms with E-state index in [4.69, 9.17) is 26.8 Å². The zero-order valence-electron chi connectivity index (χ0n) is 19.0. The van der Waals surface area contributed by atoms with E-state index in [0.29, 0.717) is 40.1 Å². The van der Waals surface area contributed by atoms with E-state index >= 15 is 0 Å². The first kappa shape index (κ1) is 25.3. The number of ether oxygens (including phenoxy) is 2. The maximum Gasteiger partial charge on any atom is 0.329 e. The maximum absolute atomic E-state index is 12.1. The molecule has 0 atom stereocenters. The summed E-state index contributed by atoms with van der Waals surface area (Å²) in [6.07, 6.45) is 0. The lowest BCUT2D eigenvalue weighted by molar-refractivity contribution is -0.136. The van der Waals surface area contributed by atoms with Crippen LogP contribution in [0.4, 0.5) is 5.69 Å². The van der Waals surface area contributed by atoms with Crippen LogP contribution >= 0.6 is 11.6 Å². The van der Waals surface area contributed by atoms with Gasteiger partial charge in [-0.1, -0.05) is 23.7 Å². The molecule has 180 valence electrons. The van der Waals surface area contributed by atoms with Gasteiger partial charge in [-0.3, -0.25) is 14.4 Å². The molecule has 0 bridgehead atoms. The zero-order valence-corrected chi connectivity index (χ0v) is 19.8. The van der Waals surface area contributed by atoms with Gasteiger partial charge in [0.1, 0.15) is 6.61 Å². The number of methoxy groups -OCH3 is 1. The Hall–Kier alpha value is -4.37. The molecular formula is C25H23ClN4O5. The Morgan fingerprint density at radius 2 is 1.57 bits per heavy atom. The van der Waals surface area contributed by atoms with Crippen molar-refractivity contribution in [2.75, 3.05) is 12.4 Å². The first-order chi connectivity index (χ1) is 16.8. The van der Waals surface area contributed by atoms with Crippen LogP contribution in [-0.4, -0.2) is 30.5 Å². The molecule has 0 aliphatic heterocycles. The molecule has 3 aromatic carbocycles. The van der Waals surface area contributed by atoms with Gasteiger partial charge in [0.2, 0.25) is 5.91 Å². The molecule has 0 saturated heterocycles. The van der Waals surface area contributed by atoms with Crippen molar-refractivity contribution in [1.82, 2.24) is 5.43 Å². The van der Waals surface area contributed by atoms with Crippen molar-refractivity contribution < 1.29 is 23.9 Å². The van der Waals surface area contributed by atoms with Gasteiger partial charge in [-0.25, -0.2) is 5.43 Å². The number of halogens is 1. The molecule has 0 saturated carbocycles. The van der Waals surface area contributed by atoms with E-state index < -0.39 is 17.7 Å². The van der Waals surface area contributed by atoms with E-state index in [9.17, 15) is 14.4 Å². The number of nitrogens with two attached hydrogens (primary N) is 1. The van der Waals surface area contributed by atoms with Crippen LogP contribution in [0.2, 0.25) is 5.02 Å². The summed E-state index contributed by atoms with van der Waals surface area (Å²) in [6, 6.07) is 18.3. The largest absolute Gasteiger partial charge is 0.493 e. The molecule has 0 aliphatic carbocycles. The topological polar surface area (TPSA) is 132 Å². The number of amides is 3. The number of hydrogen-bond donors (Lipinski definition) is 3. The summed E-state index contributed by atoms with van der Waals surface area (Å²) < 4.78 is 11.3. The van der Waals surface area contributed by atoms with Gasteiger partial charge in [0, 0.05) is 21.8 Å². The molecule has 3 rings (SSSR count). The molecule has 0 spiro atoms. The van der Waals surface area contributed by atoms with Gasteiger partial charge in [-0.15, -0.1) is 0 Å². The van der Waals surface area contributed by atoms with Gasteiger partial charge in [0.15, 0.2) is 11.5 Å². The molecule has 4 N–H and O–H groups in total. The zero-order chi connectivity index (χ0) is 25.4. The van der Waals surface area contributed by atoms with Crippen molar-refractivity contribution in [3.8, 4) is 11.5 Å². The summed E-state index contributed by atoms with van der Waals surface area (Å²) in [7, 11) is 1.52. The fourth-order valence-corrected chi connectivity index (χ4v) is 3.04. The molecule has 3 aromatic rings. The Kier molecular flexibility index (Phi) is 8.42. The lowest BCUT2D eigenvalue weighted by Crippen LogP contribution is -2.33. The van der Waals surface area contributed by atoms with Gasteiger partial charge < -0.3 is 20.5 Å². The lowest BCUT2D eigenvalue weighted by atomic mass is 10.1. The van der Waals surface area contributed by atoms with Crippen LogP contribution in [0.5, 0.6) is 11.5 Å². The normalized spacial score (nSPS) is 10.9. The summed E-state index contributed by atoms with van der Waals surface area (Å²) in [5, 5.41) is 7.05. The lowest BCUT2D eigenvalue weighted by Gasteiger charge is -2.12. The second-order valence-electron chi connectivity index (χ2n) is 7.31. The van der Waals surface area contributed by atoms with Gasteiger partial charge in [0.05, 0.1) is 12.8 Å². The summed E-state index contributed by atoms with van der Waals surface area (Å²) >= 11 is 5.90. The fraction of sp³-hybridized carbons (Fsp3) is 0.120. The number of hydrogen-bond acceptors (Lipinski definition) is 6. The third kappa shape index (κ3) is 7.05. The Bertz CT molecular complexity index is 1260. The SMILES string of the molecule is COc1cc(/C(C)=N/NC(=O)C(=O)Nc2ccc(C(N)=O)cc2)ccc1OCc1ccc(Cl)cc1. The van der Waals surface area contributed by atoms with Crippen LogP contribution in [0.3, 0.4) is 0 Å². The van der Waals surface area contributed by atoms with Gasteiger partial charge in [-0.2, -0.15) is 5.10 Å². The number of carbonyl (C=O) groups excluding carboxylic acids is 3. The molecule has 10 heteroatoms. The fourth-order valence-electron chi connectivity index (χ4n) is 2.91. The smallest absolute Gasteiger partial charge is 0.329 e. The predicted molar refractivity (Wildman–Crippen MR) is 133 cm³/mol. The molecule has 35 heavy (non-hydrogen) atoms. The Morgan fingerprint density at radius 1 is 0.914 bits per heavy atom. The maximum atomic E-state index is 12.1. The summed E-state index contributed by atoms with van der Waals surface area (Å²) in [4.78, 5) is 35.3. The molecule has 0 radical (unpaired) electrons. The second kappa shape index (κ2) is 11.7. The average Bonchev–Trinajstić information content (AvgIpc) is 2.86. The highest BCUT2D eigenvalue weighted by Gasteiger charge is 2.14.